The van der Waals surface area contributed by atoms with E-state index in [0.717, 1.165) is 13.1 Å². The van der Waals surface area contributed by atoms with Crippen LogP contribution in [0.3, 0.4) is 0 Å². The lowest BCUT2D eigenvalue weighted by Crippen LogP contribution is -2.50. The molecule has 1 saturated heterocycles. The van der Waals surface area contributed by atoms with Gasteiger partial charge in [-0.1, -0.05) is 13.8 Å². The standard InChI is InChI=1S/C10H21O5P/c1-6-8-7(2)9(15-16(5,11)12)14-10(3,4)13-8/h7-9H,6H2,1-5H3,(H,11,12)/t7-,8+,9+/m1/s1. The van der Waals surface area contributed by atoms with Crippen molar-refractivity contribution in [3.8, 4) is 0 Å². The second-order valence-electron chi connectivity index (χ2n) is 4.72. The van der Waals surface area contributed by atoms with Crippen LogP contribution >= 0.6 is 7.60 Å². The van der Waals surface area contributed by atoms with E-state index >= 15 is 0 Å². The summed E-state index contributed by atoms with van der Waals surface area (Å²) in [5.41, 5.74) is 0. The quantitative estimate of drug-likeness (QED) is 0.781. The molecule has 1 unspecified atom stereocenters. The largest absolute Gasteiger partial charge is 0.347 e. The normalized spacial score (nSPS) is 38.0. The molecule has 5 nitrogen and oxygen atoms in total. The van der Waals surface area contributed by atoms with Crippen molar-refractivity contribution in [2.75, 3.05) is 6.66 Å². The van der Waals surface area contributed by atoms with Gasteiger partial charge in [0.1, 0.15) is 0 Å². The zero-order chi connectivity index (χ0) is 12.6. The Morgan fingerprint density at radius 1 is 1.44 bits per heavy atom. The molecule has 16 heavy (non-hydrogen) atoms. The average Bonchev–Trinajstić information content (AvgIpc) is 2.07. The summed E-state index contributed by atoms with van der Waals surface area (Å²) in [4.78, 5) is 9.23. The predicted molar refractivity (Wildman–Crippen MR) is 60.1 cm³/mol. The molecule has 0 aromatic carbocycles. The van der Waals surface area contributed by atoms with E-state index in [-0.39, 0.29) is 12.0 Å². The Labute approximate surface area is 96.6 Å². The molecule has 0 aromatic rings. The van der Waals surface area contributed by atoms with Crippen LogP contribution in [-0.2, 0) is 18.6 Å². The van der Waals surface area contributed by atoms with Crippen molar-refractivity contribution in [1.29, 1.82) is 0 Å². The van der Waals surface area contributed by atoms with Crippen LogP contribution in [0.1, 0.15) is 34.1 Å². The maximum Gasteiger partial charge on any atom is 0.327 e. The third kappa shape index (κ3) is 3.82. The van der Waals surface area contributed by atoms with Gasteiger partial charge >= 0.3 is 7.60 Å². The van der Waals surface area contributed by atoms with Gasteiger partial charge in [0, 0.05) is 12.6 Å². The molecule has 1 aliphatic heterocycles. The number of rotatable bonds is 3. The van der Waals surface area contributed by atoms with Crippen LogP contribution < -0.4 is 0 Å². The molecule has 0 bridgehead atoms. The Balaban J connectivity index is 2.78. The van der Waals surface area contributed by atoms with Gasteiger partial charge in [0.2, 0.25) is 0 Å². The fourth-order valence-corrected chi connectivity index (χ4v) is 2.45. The molecule has 0 radical (unpaired) electrons. The minimum Gasteiger partial charge on any atom is -0.347 e. The van der Waals surface area contributed by atoms with E-state index in [0.29, 0.717) is 0 Å². The van der Waals surface area contributed by atoms with Gasteiger partial charge in [-0.15, -0.1) is 0 Å². The third-order valence-corrected chi connectivity index (χ3v) is 3.15. The summed E-state index contributed by atoms with van der Waals surface area (Å²) in [7, 11) is -3.55. The van der Waals surface area contributed by atoms with Crippen LogP contribution in [0.4, 0.5) is 0 Å². The van der Waals surface area contributed by atoms with Gasteiger partial charge in [0.15, 0.2) is 12.1 Å². The molecule has 0 amide bonds. The molecule has 1 rings (SSSR count). The Hall–Kier alpha value is 0.0700. The number of ether oxygens (including phenoxy) is 2. The SMILES string of the molecule is CC[C@@H]1OC(C)(C)O[C@@H](OP(C)(=O)O)[C@@H]1C. The summed E-state index contributed by atoms with van der Waals surface area (Å²) in [5, 5.41) is 0. The highest BCUT2D eigenvalue weighted by Gasteiger charge is 2.42. The van der Waals surface area contributed by atoms with Crippen LogP contribution in [-0.4, -0.2) is 29.7 Å². The van der Waals surface area contributed by atoms with E-state index in [9.17, 15) is 9.46 Å². The molecule has 1 fully saturated rings. The molecule has 0 spiro atoms. The molecular formula is C10H21O5P. The number of hydrogen-bond donors (Lipinski definition) is 1. The lowest BCUT2D eigenvalue weighted by Gasteiger charge is -2.44. The maximum atomic E-state index is 11.2. The summed E-state index contributed by atoms with van der Waals surface area (Å²) < 4.78 is 27.5. The van der Waals surface area contributed by atoms with E-state index in [2.05, 4.69) is 0 Å². The fraction of sp³-hybridized carbons (Fsp3) is 1.00. The van der Waals surface area contributed by atoms with Crippen molar-refractivity contribution in [3.05, 3.63) is 0 Å². The lowest BCUT2D eigenvalue weighted by molar-refractivity contribution is -0.355. The topological polar surface area (TPSA) is 65.0 Å². The summed E-state index contributed by atoms with van der Waals surface area (Å²) in [5.74, 6) is -0.856. The van der Waals surface area contributed by atoms with Gasteiger partial charge in [-0.25, -0.2) is 0 Å². The lowest BCUT2D eigenvalue weighted by atomic mass is 10.00. The molecule has 0 aromatic heterocycles. The minimum atomic E-state index is -3.55. The van der Waals surface area contributed by atoms with Crippen molar-refractivity contribution in [2.45, 2.75) is 52.3 Å². The van der Waals surface area contributed by atoms with Crippen LogP contribution in [0.5, 0.6) is 0 Å². The molecule has 1 aliphatic rings. The smallest absolute Gasteiger partial charge is 0.327 e. The van der Waals surface area contributed by atoms with Crippen molar-refractivity contribution >= 4 is 7.60 Å². The van der Waals surface area contributed by atoms with Gasteiger partial charge < -0.3 is 14.4 Å². The molecular weight excluding hydrogens is 231 g/mol. The molecule has 0 aliphatic carbocycles. The third-order valence-electron chi connectivity index (χ3n) is 2.55. The van der Waals surface area contributed by atoms with Crippen LogP contribution in [0.25, 0.3) is 0 Å². The van der Waals surface area contributed by atoms with Crippen molar-refractivity contribution < 1.29 is 23.5 Å². The summed E-state index contributed by atoms with van der Waals surface area (Å²) in [6.45, 7) is 8.60. The molecule has 1 heterocycles. The second-order valence-corrected chi connectivity index (χ2v) is 6.53. The Kier molecular flexibility index (Phi) is 4.19. The second kappa shape index (κ2) is 4.75. The van der Waals surface area contributed by atoms with E-state index in [4.69, 9.17) is 14.0 Å². The zero-order valence-electron chi connectivity index (χ0n) is 10.5. The summed E-state index contributed by atoms with van der Waals surface area (Å²) in [6, 6.07) is 0. The van der Waals surface area contributed by atoms with Crippen LogP contribution in [0, 0.1) is 5.92 Å². The van der Waals surface area contributed by atoms with Crippen LogP contribution in [0.2, 0.25) is 0 Å². The summed E-state index contributed by atoms with van der Waals surface area (Å²) >= 11 is 0. The molecule has 0 saturated carbocycles. The molecule has 1 N–H and O–H groups in total. The van der Waals surface area contributed by atoms with Crippen molar-refractivity contribution in [3.63, 3.8) is 0 Å². The fourth-order valence-electron chi connectivity index (χ4n) is 1.83. The molecule has 6 heteroatoms. The Bertz CT molecular complexity index is 285. The Morgan fingerprint density at radius 2 is 2.00 bits per heavy atom. The highest BCUT2D eigenvalue weighted by Crippen LogP contribution is 2.44. The van der Waals surface area contributed by atoms with Gasteiger partial charge in [-0.2, -0.15) is 0 Å². The van der Waals surface area contributed by atoms with Gasteiger partial charge in [0.25, 0.3) is 0 Å². The van der Waals surface area contributed by atoms with Gasteiger partial charge in [-0.05, 0) is 20.3 Å². The van der Waals surface area contributed by atoms with Gasteiger partial charge in [0.05, 0.1) is 6.10 Å². The summed E-state index contributed by atoms with van der Waals surface area (Å²) in [6.07, 6.45) is 0.0858. The Morgan fingerprint density at radius 3 is 2.44 bits per heavy atom. The van der Waals surface area contributed by atoms with E-state index in [1.54, 1.807) is 13.8 Å². The first-order chi connectivity index (χ1) is 7.14. The van der Waals surface area contributed by atoms with Crippen molar-refractivity contribution in [1.82, 2.24) is 0 Å². The molecule has 4 atom stereocenters. The first-order valence-corrected chi connectivity index (χ1v) is 7.51. The monoisotopic (exact) mass is 252 g/mol. The molecule has 96 valence electrons. The minimum absolute atomic E-state index is 0.0275. The van der Waals surface area contributed by atoms with E-state index in [1.165, 1.54) is 0 Å². The zero-order valence-corrected chi connectivity index (χ0v) is 11.4. The highest BCUT2D eigenvalue weighted by molar-refractivity contribution is 7.51. The number of hydrogen-bond acceptors (Lipinski definition) is 4. The van der Waals surface area contributed by atoms with E-state index < -0.39 is 19.7 Å². The highest BCUT2D eigenvalue weighted by atomic mass is 31.2. The van der Waals surface area contributed by atoms with E-state index in [1.807, 2.05) is 13.8 Å². The van der Waals surface area contributed by atoms with Crippen molar-refractivity contribution in [2.24, 2.45) is 5.92 Å². The maximum absolute atomic E-state index is 11.2. The first-order valence-electron chi connectivity index (χ1n) is 5.49. The average molecular weight is 252 g/mol. The predicted octanol–water partition coefficient (Wildman–Crippen LogP) is 2.34. The van der Waals surface area contributed by atoms with Gasteiger partial charge in [-0.3, -0.25) is 9.09 Å². The first kappa shape index (κ1) is 14.1. The van der Waals surface area contributed by atoms with Crippen LogP contribution in [0.15, 0.2) is 0 Å².